The van der Waals surface area contributed by atoms with Gasteiger partial charge in [-0.15, -0.1) is 11.3 Å². The first-order valence-electron chi connectivity index (χ1n) is 7.60. The molecule has 2 heterocycles. The van der Waals surface area contributed by atoms with Gasteiger partial charge in [0.2, 0.25) is 0 Å². The summed E-state index contributed by atoms with van der Waals surface area (Å²) >= 11 is 1.72. The van der Waals surface area contributed by atoms with Crippen molar-refractivity contribution in [2.24, 2.45) is 0 Å². The number of nitrogens with one attached hydrogen (secondary N) is 1. The smallest absolute Gasteiger partial charge is 0.251 e. The van der Waals surface area contributed by atoms with E-state index in [0.717, 1.165) is 16.7 Å². The molecule has 0 radical (unpaired) electrons. The second kappa shape index (κ2) is 5.94. The maximum Gasteiger partial charge on any atom is 0.251 e. The van der Waals surface area contributed by atoms with E-state index in [2.05, 4.69) is 52.1 Å². The Bertz CT molecular complexity index is 1020. The van der Waals surface area contributed by atoms with Crippen molar-refractivity contribution < 1.29 is 4.79 Å². The van der Waals surface area contributed by atoms with Gasteiger partial charge in [-0.1, -0.05) is 18.2 Å². The van der Waals surface area contributed by atoms with E-state index in [-0.39, 0.29) is 5.91 Å². The van der Waals surface area contributed by atoms with Crippen LogP contribution in [0.15, 0.2) is 66.3 Å². The number of amides is 1. The van der Waals surface area contributed by atoms with E-state index >= 15 is 0 Å². The van der Waals surface area contributed by atoms with Crippen LogP contribution in [0.3, 0.4) is 0 Å². The van der Waals surface area contributed by atoms with E-state index in [0.29, 0.717) is 5.56 Å². The molecule has 0 aliphatic carbocycles. The van der Waals surface area contributed by atoms with E-state index in [1.165, 1.54) is 10.4 Å². The van der Waals surface area contributed by atoms with Crippen molar-refractivity contribution in [3.8, 4) is 16.1 Å². The number of carbonyl (C=O) groups is 1. The number of imidazole rings is 1. The summed E-state index contributed by atoms with van der Waals surface area (Å²) in [6.45, 7) is 0. The first-order valence-corrected chi connectivity index (χ1v) is 8.48. The fourth-order valence-corrected chi connectivity index (χ4v) is 3.48. The minimum absolute atomic E-state index is 0.105. The number of benzene rings is 2. The van der Waals surface area contributed by atoms with Crippen LogP contribution >= 0.6 is 11.3 Å². The van der Waals surface area contributed by atoms with Crippen LogP contribution in [0, 0.1) is 0 Å². The predicted octanol–water partition coefficient (Wildman–Crippen LogP) is 4.11. The molecule has 0 aliphatic rings. The lowest BCUT2D eigenvalue weighted by molar-refractivity contribution is 0.0963. The van der Waals surface area contributed by atoms with Gasteiger partial charge in [-0.05, 0) is 47.3 Å². The summed E-state index contributed by atoms with van der Waals surface area (Å²) in [6.07, 6.45) is 1.80. The van der Waals surface area contributed by atoms with Gasteiger partial charge >= 0.3 is 0 Å². The number of nitrogens with zero attached hydrogens (tertiary/aromatic N) is 2. The molecule has 0 unspecified atom stereocenters. The molecule has 4 aromatic rings. The van der Waals surface area contributed by atoms with E-state index in [9.17, 15) is 4.79 Å². The van der Waals surface area contributed by atoms with Crippen LogP contribution in [-0.2, 0) is 0 Å². The molecule has 1 amide bonds. The summed E-state index contributed by atoms with van der Waals surface area (Å²) in [5.41, 5.74) is 4.63. The van der Waals surface area contributed by atoms with Crippen LogP contribution in [0.25, 0.3) is 27.2 Å². The van der Waals surface area contributed by atoms with Crippen LogP contribution in [0.1, 0.15) is 10.4 Å². The molecule has 0 bridgehead atoms. The van der Waals surface area contributed by atoms with E-state index in [4.69, 9.17) is 0 Å². The van der Waals surface area contributed by atoms with Crippen molar-refractivity contribution in [2.75, 3.05) is 7.05 Å². The van der Waals surface area contributed by atoms with E-state index < -0.39 is 0 Å². The zero-order chi connectivity index (χ0) is 16.5. The highest BCUT2D eigenvalue weighted by atomic mass is 32.1. The molecule has 1 N–H and O–H groups in total. The number of thiophene rings is 1. The van der Waals surface area contributed by atoms with Gasteiger partial charge in [-0.2, -0.15) is 0 Å². The summed E-state index contributed by atoms with van der Waals surface area (Å²) in [6, 6.07) is 18.1. The Morgan fingerprint density at radius 2 is 2.04 bits per heavy atom. The van der Waals surface area contributed by atoms with Crippen LogP contribution in [0.5, 0.6) is 0 Å². The predicted molar refractivity (Wildman–Crippen MR) is 97.8 cm³/mol. The zero-order valence-electron chi connectivity index (χ0n) is 13.1. The number of rotatable bonds is 3. The molecule has 2 aromatic heterocycles. The SMILES string of the molecule is CNC(=O)c1ccc2c(c1)ncn2-c1cccc(-c2cccs2)c1. The summed E-state index contributed by atoms with van der Waals surface area (Å²) in [4.78, 5) is 17.5. The van der Waals surface area contributed by atoms with Gasteiger partial charge in [0.05, 0.1) is 11.0 Å². The van der Waals surface area contributed by atoms with Gasteiger partial charge in [-0.25, -0.2) is 4.98 Å². The molecule has 2 aromatic carbocycles. The minimum Gasteiger partial charge on any atom is -0.355 e. The van der Waals surface area contributed by atoms with Crippen LogP contribution in [-0.4, -0.2) is 22.5 Å². The molecule has 4 rings (SSSR count). The third kappa shape index (κ3) is 2.49. The number of aromatic nitrogens is 2. The Balaban J connectivity index is 1.80. The number of hydrogen-bond donors (Lipinski definition) is 1. The average Bonchev–Trinajstić information content (AvgIpc) is 3.30. The fraction of sp³-hybridized carbons (Fsp3) is 0.0526. The molecule has 0 saturated carbocycles. The lowest BCUT2D eigenvalue weighted by Crippen LogP contribution is -2.17. The molecule has 0 spiro atoms. The Hall–Kier alpha value is -2.92. The molecule has 0 fully saturated rings. The third-order valence-corrected chi connectivity index (χ3v) is 4.89. The van der Waals surface area contributed by atoms with Gasteiger partial charge in [0, 0.05) is 23.2 Å². The molecule has 24 heavy (non-hydrogen) atoms. The Morgan fingerprint density at radius 3 is 2.83 bits per heavy atom. The van der Waals surface area contributed by atoms with Crippen molar-refractivity contribution in [3.63, 3.8) is 0 Å². The molecule has 118 valence electrons. The van der Waals surface area contributed by atoms with E-state index in [1.807, 2.05) is 22.8 Å². The van der Waals surface area contributed by atoms with Crippen molar-refractivity contribution in [3.05, 3.63) is 71.9 Å². The van der Waals surface area contributed by atoms with Crippen LogP contribution in [0.2, 0.25) is 0 Å². The summed E-state index contributed by atoms with van der Waals surface area (Å²) < 4.78 is 2.04. The Morgan fingerprint density at radius 1 is 1.12 bits per heavy atom. The van der Waals surface area contributed by atoms with Crippen LogP contribution < -0.4 is 5.32 Å². The first-order chi connectivity index (χ1) is 11.8. The normalized spacial score (nSPS) is 10.9. The second-order valence-electron chi connectivity index (χ2n) is 5.42. The van der Waals surface area contributed by atoms with Crippen LogP contribution in [0.4, 0.5) is 0 Å². The molecule has 4 nitrogen and oxygen atoms in total. The molecule has 0 aliphatic heterocycles. The highest BCUT2D eigenvalue weighted by molar-refractivity contribution is 7.13. The van der Waals surface area contributed by atoms with Crippen molar-refractivity contribution in [1.29, 1.82) is 0 Å². The van der Waals surface area contributed by atoms with Gasteiger partial charge < -0.3 is 5.32 Å². The van der Waals surface area contributed by atoms with Gasteiger partial charge in [-0.3, -0.25) is 9.36 Å². The molecular formula is C19H15N3OS. The lowest BCUT2D eigenvalue weighted by Gasteiger charge is -2.07. The Labute approximate surface area is 143 Å². The number of fused-ring (bicyclic) bond motifs is 1. The van der Waals surface area contributed by atoms with Crippen molar-refractivity contribution >= 4 is 28.3 Å². The summed E-state index contributed by atoms with van der Waals surface area (Å²) in [5, 5.41) is 4.71. The first kappa shape index (κ1) is 14.7. The van der Waals surface area contributed by atoms with Gasteiger partial charge in [0.25, 0.3) is 5.91 Å². The number of carbonyl (C=O) groups excluding carboxylic acids is 1. The zero-order valence-corrected chi connectivity index (χ0v) is 13.9. The summed E-state index contributed by atoms with van der Waals surface area (Å²) in [7, 11) is 1.63. The molecular weight excluding hydrogens is 318 g/mol. The molecule has 0 saturated heterocycles. The quantitative estimate of drug-likeness (QED) is 0.613. The maximum atomic E-state index is 11.8. The minimum atomic E-state index is -0.105. The van der Waals surface area contributed by atoms with Gasteiger partial charge in [0.1, 0.15) is 6.33 Å². The monoisotopic (exact) mass is 333 g/mol. The lowest BCUT2D eigenvalue weighted by atomic mass is 10.1. The van der Waals surface area contributed by atoms with Gasteiger partial charge in [0.15, 0.2) is 0 Å². The Kier molecular flexibility index (Phi) is 3.63. The average molecular weight is 333 g/mol. The van der Waals surface area contributed by atoms with Crippen molar-refractivity contribution in [2.45, 2.75) is 0 Å². The van der Waals surface area contributed by atoms with Crippen molar-refractivity contribution in [1.82, 2.24) is 14.9 Å². The van der Waals surface area contributed by atoms with E-state index in [1.54, 1.807) is 24.7 Å². The standard InChI is InChI=1S/C19H15N3OS/c1-20-19(23)14-7-8-17-16(11-14)21-12-22(17)15-5-2-4-13(10-15)18-6-3-9-24-18/h2-12H,1H3,(H,20,23). The fourth-order valence-electron chi connectivity index (χ4n) is 2.76. The summed E-state index contributed by atoms with van der Waals surface area (Å²) in [5.74, 6) is -0.105. The second-order valence-corrected chi connectivity index (χ2v) is 6.37. The molecule has 0 atom stereocenters. The maximum absolute atomic E-state index is 11.8. The highest BCUT2D eigenvalue weighted by Gasteiger charge is 2.09. The largest absolute Gasteiger partial charge is 0.355 e. The molecule has 5 heteroatoms. The highest BCUT2D eigenvalue weighted by Crippen LogP contribution is 2.27. The topological polar surface area (TPSA) is 46.9 Å². The number of hydrogen-bond acceptors (Lipinski definition) is 3. The third-order valence-electron chi connectivity index (χ3n) is 3.97.